The Labute approximate surface area is 101 Å². The summed E-state index contributed by atoms with van der Waals surface area (Å²) in [6.45, 7) is 0. The lowest BCUT2D eigenvalue weighted by Crippen LogP contribution is -2.49. The van der Waals surface area contributed by atoms with Gasteiger partial charge in [0, 0.05) is 25.3 Å². The van der Waals surface area contributed by atoms with Crippen molar-refractivity contribution in [3.05, 3.63) is 12.4 Å². The molecule has 0 saturated heterocycles. The zero-order chi connectivity index (χ0) is 12.5. The van der Waals surface area contributed by atoms with Crippen molar-refractivity contribution >= 4 is 10.0 Å². The first-order valence-corrected chi connectivity index (χ1v) is 7.24. The fourth-order valence-corrected chi connectivity index (χ4v) is 3.42. The summed E-state index contributed by atoms with van der Waals surface area (Å²) in [7, 11) is -1.80. The van der Waals surface area contributed by atoms with E-state index >= 15 is 0 Å². The number of hydrogen-bond donors (Lipinski definition) is 2. The maximum Gasteiger partial charge on any atom is 0.243 e. The van der Waals surface area contributed by atoms with Gasteiger partial charge < -0.3 is 5.73 Å². The van der Waals surface area contributed by atoms with Crippen molar-refractivity contribution in [2.45, 2.75) is 42.7 Å². The minimum absolute atomic E-state index is 0.0878. The molecule has 1 aromatic heterocycles. The highest BCUT2D eigenvalue weighted by molar-refractivity contribution is 7.89. The number of aryl methyl sites for hydroxylation is 1. The second-order valence-electron chi connectivity index (χ2n) is 4.53. The zero-order valence-electron chi connectivity index (χ0n) is 9.83. The highest BCUT2D eigenvalue weighted by Crippen LogP contribution is 2.19. The fourth-order valence-electron chi connectivity index (χ4n) is 2.11. The number of nitrogens with zero attached hydrogens (tertiary/aromatic N) is 2. The van der Waals surface area contributed by atoms with Crippen molar-refractivity contribution in [2.24, 2.45) is 12.8 Å². The van der Waals surface area contributed by atoms with Crippen LogP contribution in [0.2, 0.25) is 0 Å². The molecule has 2 unspecified atom stereocenters. The van der Waals surface area contributed by atoms with Gasteiger partial charge in [-0.1, -0.05) is 12.8 Å². The molecule has 2 rings (SSSR count). The van der Waals surface area contributed by atoms with Gasteiger partial charge in [0.25, 0.3) is 0 Å². The molecule has 0 aliphatic heterocycles. The summed E-state index contributed by atoms with van der Waals surface area (Å²) in [5, 5.41) is 3.86. The smallest absolute Gasteiger partial charge is 0.243 e. The van der Waals surface area contributed by atoms with Crippen LogP contribution in [0.5, 0.6) is 0 Å². The molecular weight excluding hydrogens is 240 g/mol. The Balaban J connectivity index is 2.11. The van der Waals surface area contributed by atoms with Crippen LogP contribution in [0.4, 0.5) is 0 Å². The molecule has 0 bridgehead atoms. The summed E-state index contributed by atoms with van der Waals surface area (Å²) < 4.78 is 28.2. The Bertz CT molecular complexity index is 482. The van der Waals surface area contributed by atoms with E-state index in [9.17, 15) is 8.42 Å². The number of rotatable bonds is 3. The van der Waals surface area contributed by atoms with Crippen molar-refractivity contribution < 1.29 is 8.42 Å². The van der Waals surface area contributed by atoms with Gasteiger partial charge in [0.2, 0.25) is 10.0 Å². The molecule has 1 heterocycles. The Morgan fingerprint density at radius 1 is 1.47 bits per heavy atom. The van der Waals surface area contributed by atoms with Gasteiger partial charge in [-0.15, -0.1) is 0 Å². The maximum absolute atomic E-state index is 12.0. The van der Waals surface area contributed by atoms with Crippen LogP contribution in [0.3, 0.4) is 0 Å². The molecule has 0 amide bonds. The molecular formula is C10H18N4O2S. The molecule has 96 valence electrons. The summed E-state index contributed by atoms with van der Waals surface area (Å²) >= 11 is 0. The van der Waals surface area contributed by atoms with E-state index in [1.807, 2.05) is 0 Å². The van der Waals surface area contributed by atoms with Gasteiger partial charge in [0.1, 0.15) is 4.90 Å². The molecule has 17 heavy (non-hydrogen) atoms. The van der Waals surface area contributed by atoms with Crippen LogP contribution >= 0.6 is 0 Å². The van der Waals surface area contributed by atoms with Crippen molar-refractivity contribution in [1.29, 1.82) is 0 Å². The standard InChI is InChI=1S/C10H18N4O2S/c1-14-7-8(6-12-14)17(15,16)13-10-5-3-2-4-9(10)11/h6-7,9-10,13H,2-5,11H2,1H3. The largest absolute Gasteiger partial charge is 0.326 e. The van der Waals surface area contributed by atoms with Crippen molar-refractivity contribution in [2.75, 3.05) is 0 Å². The highest BCUT2D eigenvalue weighted by Gasteiger charge is 2.27. The van der Waals surface area contributed by atoms with Crippen LogP contribution < -0.4 is 10.5 Å². The topological polar surface area (TPSA) is 90.0 Å². The molecule has 0 radical (unpaired) electrons. The third-order valence-corrected chi connectivity index (χ3v) is 4.56. The summed E-state index contributed by atoms with van der Waals surface area (Å²) in [4.78, 5) is 0.192. The molecule has 0 spiro atoms. The van der Waals surface area contributed by atoms with E-state index in [1.54, 1.807) is 7.05 Å². The molecule has 1 aliphatic rings. The van der Waals surface area contributed by atoms with Crippen molar-refractivity contribution in [3.63, 3.8) is 0 Å². The van der Waals surface area contributed by atoms with Gasteiger partial charge in [-0.2, -0.15) is 5.10 Å². The summed E-state index contributed by atoms with van der Waals surface area (Å²) in [5.74, 6) is 0. The van der Waals surface area contributed by atoms with E-state index in [-0.39, 0.29) is 17.0 Å². The molecule has 6 nitrogen and oxygen atoms in total. The first-order chi connectivity index (χ1) is 7.99. The summed E-state index contributed by atoms with van der Waals surface area (Å²) in [6.07, 6.45) is 6.61. The van der Waals surface area contributed by atoms with Crippen LogP contribution in [0, 0.1) is 0 Å². The Kier molecular flexibility index (Phi) is 3.50. The first-order valence-electron chi connectivity index (χ1n) is 5.75. The monoisotopic (exact) mass is 258 g/mol. The molecule has 1 aromatic rings. The zero-order valence-corrected chi connectivity index (χ0v) is 10.7. The predicted molar refractivity (Wildman–Crippen MR) is 63.8 cm³/mol. The Morgan fingerprint density at radius 3 is 2.76 bits per heavy atom. The van der Waals surface area contributed by atoms with E-state index in [0.29, 0.717) is 0 Å². The number of nitrogens with two attached hydrogens (primary N) is 1. The van der Waals surface area contributed by atoms with E-state index < -0.39 is 10.0 Å². The lowest BCUT2D eigenvalue weighted by Gasteiger charge is -2.28. The Morgan fingerprint density at radius 2 is 2.18 bits per heavy atom. The van der Waals surface area contributed by atoms with Crippen LogP contribution in [0.15, 0.2) is 17.3 Å². The number of hydrogen-bond acceptors (Lipinski definition) is 4. The third-order valence-electron chi connectivity index (χ3n) is 3.12. The molecule has 1 aliphatic carbocycles. The minimum Gasteiger partial charge on any atom is -0.326 e. The van der Waals surface area contributed by atoms with Gasteiger partial charge in [-0.25, -0.2) is 13.1 Å². The molecule has 2 atom stereocenters. The SMILES string of the molecule is Cn1cc(S(=O)(=O)NC2CCCCC2N)cn1. The highest BCUT2D eigenvalue weighted by atomic mass is 32.2. The van der Waals surface area contributed by atoms with Gasteiger partial charge >= 0.3 is 0 Å². The normalized spacial score (nSPS) is 26.0. The van der Waals surface area contributed by atoms with E-state index in [4.69, 9.17) is 5.73 Å². The second-order valence-corrected chi connectivity index (χ2v) is 6.24. The van der Waals surface area contributed by atoms with Crippen LogP contribution in [-0.2, 0) is 17.1 Å². The quantitative estimate of drug-likeness (QED) is 0.796. The average Bonchev–Trinajstić information content (AvgIpc) is 2.69. The lowest BCUT2D eigenvalue weighted by molar-refractivity contribution is 0.361. The van der Waals surface area contributed by atoms with Gasteiger partial charge in [0.05, 0.1) is 6.20 Å². The molecule has 1 saturated carbocycles. The molecule has 7 heteroatoms. The van der Waals surface area contributed by atoms with Crippen molar-refractivity contribution in [3.8, 4) is 0 Å². The van der Waals surface area contributed by atoms with Gasteiger partial charge in [0.15, 0.2) is 0 Å². The predicted octanol–water partition coefficient (Wildman–Crippen LogP) is -0.0317. The van der Waals surface area contributed by atoms with E-state index in [2.05, 4.69) is 9.82 Å². The number of aromatic nitrogens is 2. The van der Waals surface area contributed by atoms with E-state index in [0.717, 1.165) is 25.7 Å². The van der Waals surface area contributed by atoms with Crippen molar-refractivity contribution in [1.82, 2.24) is 14.5 Å². The van der Waals surface area contributed by atoms with Gasteiger partial charge in [-0.3, -0.25) is 4.68 Å². The summed E-state index contributed by atoms with van der Waals surface area (Å²) in [6, 6.07) is -0.246. The van der Waals surface area contributed by atoms with Crippen LogP contribution in [0.1, 0.15) is 25.7 Å². The van der Waals surface area contributed by atoms with E-state index in [1.165, 1.54) is 17.1 Å². The number of sulfonamides is 1. The maximum atomic E-state index is 12.0. The fraction of sp³-hybridized carbons (Fsp3) is 0.700. The van der Waals surface area contributed by atoms with Gasteiger partial charge in [-0.05, 0) is 12.8 Å². The number of nitrogens with one attached hydrogen (secondary N) is 1. The third kappa shape index (κ3) is 2.85. The first kappa shape index (κ1) is 12.5. The lowest BCUT2D eigenvalue weighted by atomic mass is 9.92. The molecule has 1 fully saturated rings. The van der Waals surface area contributed by atoms with Crippen LogP contribution in [0.25, 0.3) is 0 Å². The molecule has 0 aromatic carbocycles. The Hall–Kier alpha value is -0.920. The second kappa shape index (κ2) is 4.75. The minimum atomic E-state index is -3.49. The summed E-state index contributed by atoms with van der Waals surface area (Å²) in [5.41, 5.74) is 5.92. The average molecular weight is 258 g/mol. The van der Waals surface area contributed by atoms with Crippen LogP contribution in [-0.4, -0.2) is 30.3 Å². The molecule has 3 N–H and O–H groups in total.